The molecule has 0 aromatic heterocycles. The van der Waals surface area contributed by atoms with Gasteiger partial charge < -0.3 is 15.3 Å². The Bertz CT molecular complexity index is 904. The molecule has 2 N–H and O–H groups in total. The highest BCUT2D eigenvalue weighted by Crippen LogP contribution is 2.29. The van der Waals surface area contributed by atoms with Crippen LogP contribution in [0.5, 0.6) is 0 Å². The molecule has 2 aromatic rings. The van der Waals surface area contributed by atoms with Gasteiger partial charge in [-0.15, -0.1) is 0 Å². The van der Waals surface area contributed by atoms with E-state index in [0.29, 0.717) is 16.6 Å². The zero-order valence-electron chi connectivity index (χ0n) is 15.7. The van der Waals surface area contributed by atoms with Crippen molar-refractivity contribution in [2.45, 2.75) is 13.8 Å². The van der Waals surface area contributed by atoms with Gasteiger partial charge in [0.25, 0.3) is 5.91 Å². The summed E-state index contributed by atoms with van der Waals surface area (Å²) in [6, 6.07) is 14.0. The predicted octanol–water partition coefficient (Wildman–Crippen LogP) is 3.62. The van der Waals surface area contributed by atoms with Crippen LogP contribution in [-0.4, -0.2) is 36.4 Å². The van der Waals surface area contributed by atoms with Crippen molar-refractivity contribution in [2.75, 3.05) is 25.1 Å². The molecule has 140 valence electrons. The monoisotopic (exact) mass is 381 g/mol. The third kappa shape index (κ3) is 4.78. The minimum absolute atomic E-state index is 0.113. The standard InChI is InChI=1S/C21H23N3O2S/c1-14-4-5-15(2)18(12-14)22-21-23-20(26)19(27-21)13-16-6-8-17(9-7-16)24(3)10-11-25/h4-9,12-13,25H,10-11H2,1-3H3,(H,22,23,26)/b19-13-. The largest absolute Gasteiger partial charge is 0.395 e. The van der Waals surface area contributed by atoms with E-state index in [0.717, 1.165) is 28.1 Å². The topological polar surface area (TPSA) is 64.9 Å². The molecule has 1 fully saturated rings. The normalized spacial score (nSPS) is 16.8. The summed E-state index contributed by atoms with van der Waals surface area (Å²) in [5.74, 6) is -0.134. The van der Waals surface area contributed by atoms with Gasteiger partial charge in [0.1, 0.15) is 0 Å². The van der Waals surface area contributed by atoms with Crippen LogP contribution in [-0.2, 0) is 4.79 Å². The molecule has 3 rings (SSSR count). The minimum atomic E-state index is -0.134. The second kappa shape index (κ2) is 8.41. The van der Waals surface area contributed by atoms with Crippen LogP contribution >= 0.6 is 11.8 Å². The number of carbonyl (C=O) groups is 1. The van der Waals surface area contributed by atoms with E-state index in [1.54, 1.807) is 0 Å². The summed E-state index contributed by atoms with van der Waals surface area (Å²) in [7, 11) is 1.93. The minimum Gasteiger partial charge on any atom is -0.395 e. The molecule has 0 unspecified atom stereocenters. The van der Waals surface area contributed by atoms with Crippen molar-refractivity contribution >= 4 is 40.3 Å². The lowest BCUT2D eigenvalue weighted by Crippen LogP contribution is -2.20. The maximum atomic E-state index is 12.3. The Balaban J connectivity index is 1.77. The average Bonchev–Trinajstić information content (AvgIpc) is 2.98. The molecule has 1 heterocycles. The molecule has 0 radical (unpaired) electrons. The van der Waals surface area contributed by atoms with Crippen molar-refractivity contribution in [1.82, 2.24) is 5.32 Å². The zero-order chi connectivity index (χ0) is 19.4. The number of hydrogen-bond acceptors (Lipinski definition) is 5. The first-order valence-electron chi connectivity index (χ1n) is 8.75. The lowest BCUT2D eigenvalue weighted by molar-refractivity contribution is -0.115. The van der Waals surface area contributed by atoms with E-state index < -0.39 is 0 Å². The molecule has 1 amide bonds. The van der Waals surface area contributed by atoms with Crippen LogP contribution in [0.4, 0.5) is 11.4 Å². The van der Waals surface area contributed by atoms with Crippen molar-refractivity contribution in [3.8, 4) is 0 Å². The highest BCUT2D eigenvalue weighted by Gasteiger charge is 2.24. The van der Waals surface area contributed by atoms with Gasteiger partial charge in [0.2, 0.25) is 0 Å². The summed E-state index contributed by atoms with van der Waals surface area (Å²) in [5.41, 5.74) is 5.04. The number of amides is 1. The van der Waals surface area contributed by atoms with Crippen molar-refractivity contribution in [3.05, 3.63) is 64.1 Å². The number of amidine groups is 1. The molecule has 2 aromatic carbocycles. The van der Waals surface area contributed by atoms with Gasteiger partial charge in [0.05, 0.1) is 17.2 Å². The number of aliphatic hydroxyl groups is 1. The van der Waals surface area contributed by atoms with Gasteiger partial charge in [-0.05, 0) is 66.6 Å². The van der Waals surface area contributed by atoms with Crippen molar-refractivity contribution < 1.29 is 9.90 Å². The molecular formula is C21H23N3O2S. The van der Waals surface area contributed by atoms with E-state index in [2.05, 4.69) is 10.3 Å². The van der Waals surface area contributed by atoms with Crippen LogP contribution in [0.3, 0.4) is 0 Å². The van der Waals surface area contributed by atoms with Crippen molar-refractivity contribution in [2.24, 2.45) is 4.99 Å². The smallest absolute Gasteiger partial charge is 0.264 e. The van der Waals surface area contributed by atoms with Crippen LogP contribution in [0.1, 0.15) is 16.7 Å². The molecule has 1 aliphatic rings. The number of nitrogens with zero attached hydrogens (tertiary/aromatic N) is 2. The predicted molar refractivity (Wildman–Crippen MR) is 114 cm³/mol. The number of benzene rings is 2. The van der Waals surface area contributed by atoms with Gasteiger partial charge in [-0.1, -0.05) is 24.3 Å². The van der Waals surface area contributed by atoms with E-state index in [4.69, 9.17) is 5.11 Å². The van der Waals surface area contributed by atoms with Crippen LogP contribution in [0.2, 0.25) is 0 Å². The van der Waals surface area contributed by atoms with Crippen LogP contribution < -0.4 is 10.2 Å². The Morgan fingerprint density at radius 1 is 1.19 bits per heavy atom. The quantitative estimate of drug-likeness (QED) is 0.777. The number of anilines is 1. The summed E-state index contributed by atoms with van der Waals surface area (Å²) >= 11 is 1.35. The summed E-state index contributed by atoms with van der Waals surface area (Å²) in [5, 5.41) is 12.5. The molecule has 0 spiro atoms. The second-order valence-corrected chi connectivity index (χ2v) is 7.54. The molecule has 0 saturated carbocycles. The number of carbonyl (C=O) groups excluding carboxylic acids is 1. The van der Waals surface area contributed by atoms with Crippen LogP contribution in [0.15, 0.2) is 52.4 Å². The Kier molecular flexibility index (Phi) is 5.98. The molecule has 1 saturated heterocycles. The number of likely N-dealkylation sites (N-methyl/N-ethyl adjacent to an activating group) is 1. The molecule has 5 nitrogen and oxygen atoms in total. The molecule has 6 heteroatoms. The third-order valence-corrected chi connectivity index (χ3v) is 5.21. The Morgan fingerprint density at radius 3 is 2.63 bits per heavy atom. The van der Waals surface area contributed by atoms with E-state index in [1.807, 2.05) is 74.3 Å². The van der Waals surface area contributed by atoms with Gasteiger partial charge in [0, 0.05) is 19.3 Å². The van der Waals surface area contributed by atoms with E-state index in [-0.39, 0.29) is 12.5 Å². The summed E-state index contributed by atoms with van der Waals surface area (Å²) < 4.78 is 0. The first kappa shape index (κ1) is 19.2. The highest BCUT2D eigenvalue weighted by atomic mass is 32.2. The summed E-state index contributed by atoms with van der Waals surface area (Å²) in [6.07, 6.45) is 1.86. The molecule has 0 bridgehead atoms. The molecular weight excluding hydrogens is 358 g/mol. The Hall–Kier alpha value is -2.57. The van der Waals surface area contributed by atoms with Crippen LogP contribution in [0, 0.1) is 13.8 Å². The third-order valence-electron chi connectivity index (χ3n) is 4.30. The average molecular weight is 382 g/mol. The number of thioether (sulfide) groups is 1. The lowest BCUT2D eigenvalue weighted by Gasteiger charge is -2.17. The van der Waals surface area contributed by atoms with Crippen LogP contribution in [0.25, 0.3) is 6.08 Å². The molecule has 27 heavy (non-hydrogen) atoms. The molecule has 0 aliphatic carbocycles. The number of aryl methyl sites for hydroxylation is 2. The summed E-state index contributed by atoms with van der Waals surface area (Å²) in [4.78, 5) is 19.5. The maximum absolute atomic E-state index is 12.3. The second-order valence-electron chi connectivity index (χ2n) is 6.51. The number of aliphatic hydroxyl groups excluding tert-OH is 1. The Morgan fingerprint density at radius 2 is 1.93 bits per heavy atom. The lowest BCUT2D eigenvalue weighted by atomic mass is 10.1. The van der Waals surface area contributed by atoms with Crippen molar-refractivity contribution in [3.63, 3.8) is 0 Å². The van der Waals surface area contributed by atoms with Gasteiger partial charge in [-0.3, -0.25) is 4.79 Å². The fraction of sp³-hybridized carbons (Fsp3) is 0.238. The first-order valence-corrected chi connectivity index (χ1v) is 9.57. The number of rotatable bonds is 5. The molecule has 1 aliphatic heterocycles. The zero-order valence-corrected chi connectivity index (χ0v) is 16.5. The first-order chi connectivity index (χ1) is 13.0. The van der Waals surface area contributed by atoms with Gasteiger partial charge in [-0.25, -0.2) is 4.99 Å². The SMILES string of the molecule is Cc1ccc(C)c(N=C2NC(=O)/C(=C/c3ccc(N(C)CCO)cc3)S2)c1. The highest BCUT2D eigenvalue weighted by molar-refractivity contribution is 8.18. The number of hydrogen-bond donors (Lipinski definition) is 2. The van der Waals surface area contributed by atoms with E-state index in [9.17, 15) is 4.79 Å². The van der Waals surface area contributed by atoms with Gasteiger partial charge >= 0.3 is 0 Å². The van der Waals surface area contributed by atoms with Gasteiger partial charge in [-0.2, -0.15) is 0 Å². The number of aliphatic imine (C=N–C) groups is 1. The fourth-order valence-electron chi connectivity index (χ4n) is 2.69. The summed E-state index contributed by atoms with van der Waals surface area (Å²) in [6.45, 7) is 4.72. The number of nitrogens with one attached hydrogen (secondary N) is 1. The maximum Gasteiger partial charge on any atom is 0.264 e. The Labute approximate surface area is 163 Å². The fourth-order valence-corrected chi connectivity index (χ4v) is 3.52. The molecule has 0 atom stereocenters. The van der Waals surface area contributed by atoms with Crippen molar-refractivity contribution in [1.29, 1.82) is 0 Å². The van der Waals surface area contributed by atoms with Gasteiger partial charge in [0.15, 0.2) is 5.17 Å². The van der Waals surface area contributed by atoms with E-state index >= 15 is 0 Å². The van der Waals surface area contributed by atoms with E-state index in [1.165, 1.54) is 11.8 Å².